The lowest BCUT2D eigenvalue weighted by atomic mass is 10.0. The lowest BCUT2D eigenvalue weighted by molar-refractivity contribution is -0.143. The van der Waals surface area contributed by atoms with Crippen molar-refractivity contribution in [3.63, 3.8) is 0 Å². The Morgan fingerprint density at radius 2 is 2.27 bits per heavy atom. The largest absolute Gasteiger partial charge is 0.480 e. The average Bonchev–Trinajstić information content (AvgIpc) is 3.00. The SMILES string of the molecule is COCCN(C)[C@@H](C(=O)O)c1ccc(C)cc1-n1cccn1. The molecule has 6 nitrogen and oxygen atoms in total. The number of methoxy groups -OCH3 is 1. The number of carbonyl (C=O) groups is 1. The zero-order chi connectivity index (χ0) is 16.1. The maximum Gasteiger partial charge on any atom is 0.325 e. The van der Waals surface area contributed by atoms with Crippen molar-refractivity contribution in [2.45, 2.75) is 13.0 Å². The number of aliphatic carboxylic acids is 1. The van der Waals surface area contributed by atoms with Gasteiger partial charge < -0.3 is 9.84 Å². The Balaban J connectivity index is 2.46. The number of likely N-dealkylation sites (N-methyl/N-ethyl adjacent to an activating group) is 1. The van der Waals surface area contributed by atoms with Crippen LogP contribution in [0.3, 0.4) is 0 Å². The first-order valence-electron chi connectivity index (χ1n) is 7.07. The number of aryl methyl sites for hydroxylation is 1. The fourth-order valence-corrected chi connectivity index (χ4v) is 2.42. The van der Waals surface area contributed by atoms with Gasteiger partial charge in [-0.25, -0.2) is 4.68 Å². The maximum absolute atomic E-state index is 11.8. The van der Waals surface area contributed by atoms with Crippen molar-refractivity contribution >= 4 is 5.97 Å². The number of carboxylic acids is 1. The number of nitrogens with zero attached hydrogens (tertiary/aromatic N) is 3. The Labute approximate surface area is 129 Å². The van der Waals surface area contributed by atoms with Crippen LogP contribution in [-0.4, -0.2) is 53.1 Å². The van der Waals surface area contributed by atoms with Gasteiger partial charge in [0.25, 0.3) is 0 Å². The van der Waals surface area contributed by atoms with Crippen LogP contribution in [0.25, 0.3) is 5.69 Å². The second-order valence-corrected chi connectivity index (χ2v) is 5.23. The Kier molecular flexibility index (Phi) is 5.30. The molecular weight excluding hydrogens is 282 g/mol. The first kappa shape index (κ1) is 16.2. The molecule has 1 atom stereocenters. The van der Waals surface area contributed by atoms with E-state index in [2.05, 4.69) is 5.10 Å². The van der Waals surface area contributed by atoms with E-state index in [1.54, 1.807) is 29.9 Å². The van der Waals surface area contributed by atoms with Gasteiger partial charge in [-0.05, 0) is 31.7 Å². The number of hydrogen-bond donors (Lipinski definition) is 1. The standard InChI is InChI=1S/C16H21N3O3/c1-12-5-6-13(14(11-12)19-8-4-7-17-19)15(16(20)21)18(2)9-10-22-3/h4-8,11,15H,9-10H2,1-3H3,(H,20,21)/t15-/m1/s1. The molecule has 2 aromatic rings. The zero-order valence-corrected chi connectivity index (χ0v) is 13.1. The first-order chi connectivity index (χ1) is 10.5. The van der Waals surface area contributed by atoms with E-state index in [-0.39, 0.29) is 0 Å². The fraction of sp³-hybridized carbons (Fsp3) is 0.375. The Hall–Kier alpha value is -2.18. The molecule has 0 spiro atoms. The monoisotopic (exact) mass is 303 g/mol. The number of rotatable bonds is 7. The number of aromatic nitrogens is 2. The third-order valence-corrected chi connectivity index (χ3v) is 3.55. The second kappa shape index (κ2) is 7.20. The van der Waals surface area contributed by atoms with Crippen molar-refractivity contribution in [2.24, 2.45) is 0 Å². The summed E-state index contributed by atoms with van der Waals surface area (Å²) in [6.45, 7) is 2.98. The predicted octanol–water partition coefficient (Wildman–Crippen LogP) is 1.88. The molecule has 1 N–H and O–H groups in total. The third kappa shape index (κ3) is 3.52. The summed E-state index contributed by atoms with van der Waals surface area (Å²) in [5.41, 5.74) is 2.54. The molecule has 1 aromatic carbocycles. The molecule has 0 saturated carbocycles. The van der Waals surface area contributed by atoms with Crippen molar-refractivity contribution in [3.05, 3.63) is 47.8 Å². The Morgan fingerprint density at radius 1 is 1.50 bits per heavy atom. The topological polar surface area (TPSA) is 67.6 Å². The van der Waals surface area contributed by atoms with Crippen LogP contribution in [-0.2, 0) is 9.53 Å². The fourth-order valence-electron chi connectivity index (χ4n) is 2.42. The summed E-state index contributed by atoms with van der Waals surface area (Å²) in [6.07, 6.45) is 3.49. The highest BCUT2D eigenvalue weighted by molar-refractivity contribution is 5.77. The van der Waals surface area contributed by atoms with E-state index >= 15 is 0 Å². The van der Waals surface area contributed by atoms with Gasteiger partial charge in [0.2, 0.25) is 0 Å². The van der Waals surface area contributed by atoms with E-state index in [0.29, 0.717) is 18.7 Å². The minimum absolute atomic E-state index is 0.475. The van der Waals surface area contributed by atoms with E-state index in [1.165, 1.54) is 0 Å². The van der Waals surface area contributed by atoms with Crippen LogP contribution in [0, 0.1) is 6.92 Å². The molecular formula is C16H21N3O3. The van der Waals surface area contributed by atoms with Gasteiger partial charge in [-0.15, -0.1) is 0 Å². The highest BCUT2D eigenvalue weighted by Crippen LogP contribution is 2.27. The van der Waals surface area contributed by atoms with E-state index in [4.69, 9.17) is 4.74 Å². The lowest BCUT2D eigenvalue weighted by Crippen LogP contribution is -2.34. The van der Waals surface area contributed by atoms with Crippen LogP contribution in [0.15, 0.2) is 36.7 Å². The van der Waals surface area contributed by atoms with Crippen molar-refractivity contribution in [2.75, 3.05) is 27.3 Å². The molecule has 2 rings (SSSR count). The maximum atomic E-state index is 11.8. The molecule has 0 bridgehead atoms. The van der Waals surface area contributed by atoms with Crippen LogP contribution in [0.4, 0.5) is 0 Å². The molecule has 118 valence electrons. The van der Waals surface area contributed by atoms with Crippen LogP contribution in [0.2, 0.25) is 0 Å². The summed E-state index contributed by atoms with van der Waals surface area (Å²) in [5, 5.41) is 13.9. The molecule has 0 unspecified atom stereocenters. The van der Waals surface area contributed by atoms with Gasteiger partial charge in [-0.1, -0.05) is 12.1 Å². The van der Waals surface area contributed by atoms with Gasteiger partial charge in [-0.2, -0.15) is 5.10 Å². The van der Waals surface area contributed by atoms with E-state index in [1.807, 2.05) is 37.4 Å². The number of carboxylic acid groups (broad SMARTS) is 1. The molecule has 6 heteroatoms. The predicted molar refractivity (Wildman–Crippen MR) is 83.2 cm³/mol. The molecule has 1 heterocycles. The average molecular weight is 303 g/mol. The number of hydrogen-bond acceptors (Lipinski definition) is 4. The van der Waals surface area contributed by atoms with Gasteiger partial charge in [0, 0.05) is 31.6 Å². The van der Waals surface area contributed by atoms with Crippen molar-refractivity contribution in [3.8, 4) is 5.69 Å². The molecule has 0 aliphatic carbocycles. The molecule has 0 aliphatic heterocycles. The Morgan fingerprint density at radius 3 is 2.86 bits per heavy atom. The zero-order valence-electron chi connectivity index (χ0n) is 13.1. The van der Waals surface area contributed by atoms with Crippen LogP contribution >= 0.6 is 0 Å². The van der Waals surface area contributed by atoms with Gasteiger partial charge in [0.1, 0.15) is 6.04 Å². The summed E-state index contributed by atoms with van der Waals surface area (Å²) < 4.78 is 6.74. The normalized spacial score (nSPS) is 12.5. The smallest absolute Gasteiger partial charge is 0.325 e. The van der Waals surface area contributed by atoms with Crippen molar-refractivity contribution in [1.29, 1.82) is 0 Å². The second-order valence-electron chi connectivity index (χ2n) is 5.23. The Bertz CT molecular complexity index is 626. The minimum atomic E-state index is -0.893. The van der Waals surface area contributed by atoms with Gasteiger partial charge >= 0.3 is 5.97 Å². The number of benzene rings is 1. The lowest BCUT2D eigenvalue weighted by Gasteiger charge is -2.26. The van der Waals surface area contributed by atoms with Gasteiger partial charge in [0.05, 0.1) is 12.3 Å². The minimum Gasteiger partial charge on any atom is -0.480 e. The summed E-state index contributed by atoms with van der Waals surface area (Å²) in [5.74, 6) is -0.893. The molecule has 22 heavy (non-hydrogen) atoms. The number of ether oxygens (including phenoxy) is 1. The molecule has 1 aromatic heterocycles. The summed E-state index contributed by atoms with van der Waals surface area (Å²) in [4.78, 5) is 13.6. The quantitative estimate of drug-likeness (QED) is 0.846. The highest BCUT2D eigenvalue weighted by Gasteiger charge is 2.27. The van der Waals surface area contributed by atoms with Crippen LogP contribution in [0.1, 0.15) is 17.2 Å². The van der Waals surface area contributed by atoms with Gasteiger partial charge in [-0.3, -0.25) is 9.69 Å². The van der Waals surface area contributed by atoms with Gasteiger partial charge in [0.15, 0.2) is 0 Å². The third-order valence-electron chi connectivity index (χ3n) is 3.55. The molecule has 0 fully saturated rings. The van der Waals surface area contributed by atoms with E-state index in [0.717, 1.165) is 11.3 Å². The summed E-state index contributed by atoms with van der Waals surface area (Å²) >= 11 is 0. The summed E-state index contributed by atoms with van der Waals surface area (Å²) in [6, 6.07) is 6.78. The van der Waals surface area contributed by atoms with E-state index in [9.17, 15) is 9.90 Å². The van der Waals surface area contributed by atoms with Crippen molar-refractivity contribution < 1.29 is 14.6 Å². The van der Waals surface area contributed by atoms with E-state index < -0.39 is 12.0 Å². The first-order valence-corrected chi connectivity index (χ1v) is 7.07. The molecule has 0 radical (unpaired) electrons. The molecule has 0 saturated heterocycles. The van der Waals surface area contributed by atoms with Crippen LogP contribution in [0.5, 0.6) is 0 Å². The molecule has 0 aliphatic rings. The summed E-state index contributed by atoms with van der Waals surface area (Å²) in [7, 11) is 3.38. The molecule has 0 amide bonds. The van der Waals surface area contributed by atoms with Crippen molar-refractivity contribution in [1.82, 2.24) is 14.7 Å². The van der Waals surface area contributed by atoms with Crippen LogP contribution < -0.4 is 0 Å². The highest BCUT2D eigenvalue weighted by atomic mass is 16.5.